The van der Waals surface area contributed by atoms with Crippen LogP contribution >= 0.6 is 0 Å². The number of hydrogen-bond donors (Lipinski definition) is 0. The van der Waals surface area contributed by atoms with E-state index in [2.05, 4.69) is 57.2 Å². The lowest BCUT2D eigenvalue weighted by atomic mass is 10.0. The number of carbonyl (C=O) groups excluding carboxylic acids is 3. The molecule has 0 N–H and O–H groups in total. The molecular weight excluding hydrogens is 805 g/mol. The lowest BCUT2D eigenvalue weighted by Crippen LogP contribution is -2.30. The quantitative estimate of drug-likeness (QED) is 0.0262. The summed E-state index contributed by atoms with van der Waals surface area (Å²) in [7, 11) is 0. The summed E-state index contributed by atoms with van der Waals surface area (Å²) in [6.45, 7) is 6.43. The van der Waals surface area contributed by atoms with Gasteiger partial charge in [0.25, 0.3) is 0 Å². The SMILES string of the molecule is CC\C=C/C=C\C=C/C=C\C=C\C=C/CCCCCC(=O)OCC(COC(=O)CCCCCCCCCCCCCCCC)OC(=O)CCCCC/C=C\C=C/CCCCCCCCC. The molecule has 1 unspecified atom stereocenters. The lowest BCUT2D eigenvalue weighted by molar-refractivity contribution is -0.167. The molecule has 6 nitrogen and oxygen atoms in total. The zero-order valence-corrected chi connectivity index (χ0v) is 42.2. The standard InChI is InChI=1S/C59H98O6/c1-4-7-10-13-16-19-22-25-28-30-32-34-37-40-43-46-49-52-58(61)64-55-56(54-63-57(60)51-48-45-42-39-36-33-27-24-21-18-15-12-9-6-3)65-59(62)53-50-47-44-41-38-35-31-29-26-23-20-17-14-11-8-5-2/h7,10,13,16,19,22,25,28-32,34-35,37-38,56H,4-6,8-9,11-12,14-15,17-18,20-21,23-24,26-27,33,36,39-55H2,1-3H3/b10-7-,16-13-,22-19-,28-25-,31-29-,32-30+,37-34-,38-35-. The van der Waals surface area contributed by atoms with Crippen LogP contribution in [0.25, 0.3) is 0 Å². The molecule has 0 amide bonds. The molecular formula is C59H98O6. The maximum absolute atomic E-state index is 12.8. The van der Waals surface area contributed by atoms with Crippen LogP contribution in [0.1, 0.15) is 239 Å². The molecule has 0 aromatic carbocycles. The Labute approximate surface area is 400 Å². The Morgan fingerprint density at radius 3 is 0.969 bits per heavy atom. The molecule has 0 aliphatic carbocycles. The largest absolute Gasteiger partial charge is 0.462 e. The molecule has 0 aromatic rings. The van der Waals surface area contributed by atoms with E-state index in [1.807, 2.05) is 60.8 Å². The minimum absolute atomic E-state index is 0.102. The van der Waals surface area contributed by atoms with Crippen LogP contribution in [0.5, 0.6) is 0 Å². The number of allylic oxidation sites excluding steroid dienone is 16. The second-order valence-electron chi connectivity index (χ2n) is 17.6. The van der Waals surface area contributed by atoms with Crippen molar-refractivity contribution in [2.24, 2.45) is 0 Å². The Kier molecular flexibility index (Phi) is 50.0. The first-order chi connectivity index (χ1) is 32.0. The summed E-state index contributed by atoms with van der Waals surface area (Å²) in [6.07, 6.45) is 69.6. The van der Waals surface area contributed by atoms with Gasteiger partial charge in [0.1, 0.15) is 13.2 Å². The van der Waals surface area contributed by atoms with Crippen molar-refractivity contribution >= 4 is 17.9 Å². The van der Waals surface area contributed by atoms with Crippen LogP contribution in [-0.4, -0.2) is 37.2 Å². The van der Waals surface area contributed by atoms with E-state index in [-0.39, 0.29) is 37.5 Å². The second kappa shape index (κ2) is 52.9. The van der Waals surface area contributed by atoms with Crippen LogP contribution in [0.4, 0.5) is 0 Å². The number of ether oxygens (including phenoxy) is 3. The minimum Gasteiger partial charge on any atom is -0.462 e. The molecule has 0 aliphatic rings. The van der Waals surface area contributed by atoms with Gasteiger partial charge in [0.15, 0.2) is 6.10 Å². The minimum atomic E-state index is -0.809. The third-order valence-electron chi connectivity index (χ3n) is 11.3. The van der Waals surface area contributed by atoms with Crippen LogP contribution in [0.2, 0.25) is 0 Å². The highest BCUT2D eigenvalue weighted by Gasteiger charge is 2.19. The summed E-state index contributed by atoms with van der Waals surface area (Å²) >= 11 is 0. The Morgan fingerprint density at radius 1 is 0.323 bits per heavy atom. The summed E-state index contributed by atoms with van der Waals surface area (Å²) < 4.78 is 16.8. The molecule has 370 valence electrons. The van der Waals surface area contributed by atoms with Crippen LogP contribution < -0.4 is 0 Å². The molecule has 0 radical (unpaired) electrons. The normalized spacial score (nSPS) is 12.8. The van der Waals surface area contributed by atoms with E-state index in [1.165, 1.54) is 116 Å². The van der Waals surface area contributed by atoms with Crippen molar-refractivity contribution in [2.75, 3.05) is 13.2 Å². The highest BCUT2D eigenvalue weighted by molar-refractivity contribution is 5.71. The van der Waals surface area contributed by atoms with Crippen molar-refractivity contribution < 1.29 is 28.6 Å². The van der Waals surface area contributed by atoms with Crippen LogP contribution in [0, 0.1) is 0 Å². The molecule has 0 saturated carbocycles. The van der Waals surface area contributed by atoms with Gasteiger partial charge in [-0.2, -0.15) is 0 Å². The van der Waals surface area contributed by atoms with E-state index in [4.69, 9.17) is 14.2 Å². The highest BCUT2D eigenvalue weighted by atomic mass is 16.6. The summed E-state index contributed by atoms with van der Waals surface area (Å²) in [5.74, 6) is -0.973. The Morgan fingerprint density at radius 2 is 0.600 bits per heavy atom. The summed E-state index contributed by atoms with van der Waals surface area (Å²) in [5, 5.41) is 0. The first-order valence-electron chi connectivity index (χ1n) is 26.8. The third-order valence-corrected chi connectivity index (χ3v) is 11.3. The van der Waals surface area contributed by atoms with E-state index < -0.39 is 6.10 Å². The van der Waals surface area contributed by atoms with Gasteiger partial charge in [-0.05, 0) is 64.2 Å². The van der Waals surface area contributed by atoms with Crippen molar-refractivity contribution in [2.45, 2.75) is 245 Å². The zero-order chi connectivity index (χ0) is 47.2. The zero-order valence-electron chi connectivity index (χ0n) is 42.2. The summed E-state index contributed by atoms with van der Waals surface area (Å²) in [5.41, 5.74) is 0. The topological polar surface area (TPSA) is 78.9 Å². The Balaban J connectivity index is 4.53. The fourth-order valence-electron chi connectivity index (χ4n) is 7.23. The smallest absolute Gasteiger partial charge is 0.306 e. The van der Waals surface area contributed by atoms with Gasteiger partial charge < -0.3 is 14.2 Å². The number of rotatable bonds is 47. The molecule has 0 saturated heterocycles. The lowest BCUT2D eigenvalue weighted by Gasteiger charge is -2.18. The van der Waals surface area contributed by atoms with Crippen molar-refractivity contribution in [1.29, 1.82) is 0 Å². The van der Waals surface area contributed by atoms with Gasteiger partial charge in [0.05, 0.1) is 0 Å². The van der Waals surface area contributed by atoms with Gasteiger partial charge in [-0.3, -0.25) is 14.4 Å². The van der Waals surface area contributed by atoms with Crippen LogP contribution in [-0.2, 0) is 28.6 Å². The van der Waals surface area contributed by atoms with Gasteiger partial charge in [-0.15, -0.1) is 0 Å². The average molecular weight is 903 g/mol. The highest BCUT2D eigenvalue weighted by Crippen LogP contribution is 2.15. The molecule has 65 heavy (non-hydrogen) atoms. The summed E-state index contributed by atoms with van der Waals surface area (Å²) in [6, 6.07) is 0. The Hall–Kier alpha value is -3.67. The van der Waals surface area contributed by atoms with Gasteiger partial charge in [-0.25, -0.2) is 0 Å². The molecule has 0 heterocycles. The van der Waals surface area contributed by atoms with Crippen molar-refractivity contribution in [1.82, 2.24) is 0 Å². The fourth-order valence-corrected chi connectivity index (χ4v) is 7.23. The molecule has 0 aromatic heterocycles. The molecule has 0 rings (SSSR count). The summed E-state index contributed by atoms with van der Waals surface area (Å²) in [4.78, 5) is 38.0. The monoisotopic (exact) mass is 903 g/mol. The Bertz CT molecular complexity index is 1310. The predicted octanol–water partition coefficient (Wildman–Crippen LogP) is 17.8. The van der Waals surface area contributed by atoms with E-state index in [0.29, 0.717) is 12.8 Å². The van der Waals surface area contributed by atoms with Gasteiger partial charge in [0, 0.05) is 19.3 Å². The third kappa shape index (κ3) is 51.2. The molecule has 0 aliphatic heterocycles. The fraction of sp³-hybridized carbons (Fsp3) is 0.678. The molecule has 1 atom stereocenters. The second-order valence-corrected chi connectivity index (χ2v) is 17.6. The number of carbonyl (C=O) groups is 3. The first-order valence-corrected chi connectivity index (χ1v) is 26.8. The van der Waals surface area contributed by atoms with Crippen molar-refractivity contribution in [3.8, 4) is 0 Å². The van der Waals surface area contributed by atoms with Gasteiger partial charge in [-0.1, -0.05) is 253 Å². The molecule has 0 spiro atoms. The average Bonchev–Trinajstić information content (AvgIpc) is 3.30. The van der Waals surface area contributed by atoms with Gasteiger partial charge in [0.2, 0.25) is 0 Å². The first kappa shape index (κ1) is 61.3. The van der Waals surface area contributed by atoms with Gasteiger partial charge >= 0.3 is 17.9 Å². The number of esters is 3. The predicted molar refractivity (Wildman–Crippen MR) is 279 cm³/mol. The molecule has 0 fully saturated rings. The van der Waals surface area contributed by atoms with E-state index in [0.717, 1.165) is 83.5 Å². The number of hydrogen-bond acceptors (Lipinski definition) is 6. The maximum atomic E-state index is 12.8. The van der Waals surface area contributed by atoms with E-state index in [1.54, 1.807) is 0 Å². The molecule has 0 bridgehead atoms. The maximum Gasteiger partial charge on any atom is 0.306 e. The number of unbranched alkanes of at least 4 members (excludes halogenated alkanes) is 26. The molecule has 6 heteroatoms. The van der Waals surface area contributed by atoms with Crippen molar-refractivity contribution in [3.05, 3.63) is 97.2 Å². The van der Waals surface area contributed by atoms with Crippen LogP contribution in [0.3, 0.4) is 0 Å². The van der Waals surface area contributed by atoms with Crippen LogP contribution in [0.15, 0.2) is 97.2 Å². The van der Waals surface area contributed by atoms with Crippen molar-refractivity contribution in [3.63, 3.8) is 0 Å². The van der Waals surface area contributed by atoms with E-state index in [9.17, 15) is 14.4 Å². The van der Waals surface area contributed by atoms with E-state index >= 15 is 0 Å².